The number of rotatable bonds is 4. The SMILES string of the molecule is CC(C)(C)OC(=O)Nc1cccc(C(=O)Nc2ccc(N3CCOCC3)cc2)c1. The third kappa shape index (κ3) is 6.22. The van der Waals surface area contributed by atoms with Crippen molar-refractivity contribution in [3.8, 4) is 0 Å². The molecule has 0 radical (unpaired) electrons. The predicted molar refractivity (Wildman–Crippen MR) is 114 cm³/mol. The minimum absolute atomic E-state index is 0.253. The lowest BCUT2D eigenvalue weighted by atomic mass is 10.1. The van der Waals surface area contributed by atoms with Crippen LogP contribution in [0.5, 0.6) is 0 Å². The van der Waals surface area contributed by atoms with Gasteiger partial charge in [0.15, 0.2) is 0 Å². The lowest BCUT2D eigenvalue weighted by Gasteiger charge is -2.28. The number of anilines is 3. The Hall–Kier alpha value is -3.06. The number of amides is 2. The molecule has 0 aliphatic carbocycles. The quantitative estimate of drug-likeness (QED) is 0.811. The van der Waals surface area contributed by atoms with Gasteiger partial charge in [-0.05, 0) is 63.2 Å². The summed E-state index contributed by atoms with van der Waals surface area (Å²) in [4.78, 5) is 26.8. The number of nitrogens with zero attached hydrogens (tertiary/aromatic N) is 1. The van der Waals surface area contributed by atoms with Gasteiger partial charge in [-0.3, -0.25) is 10.1 Å². The maximum atomic E-state index is 12.6. The summed E-state index contributed by atoms with van der Waals surface area (Å²) in [6.07, 6.45) is -0.561. The third-order valence-corrected chi connectivity index (χ3v) is 4.27. The molecule has 0 aromatic heterocycles. The molecule has 7 nitrogen and oxygen atoms in total. The average Bonchev–Trinajstić information content (AvgIpc) is 2.68. The van der Waals surface area contributed by atoms with E-state index in [9.17, 15) is 9.59 Å². The molecule has 1 heterocycles. The molecular formula is C22H27N3O4. The van der Waals surface area contributed by atoms with E-state index in [4.69, 9.17) is 9.47 Å². The van der Waals surface area contributed by atoms with E-state index in [0.717, 1.165) is 32.0 Å². The predicted octanol–water partition coefficient (Wildman–Crippen LogP) is 4.12. The molecule has 2 N–H and O–H groups in total. The first kappa shape index (κ1) is 20.7. The summed E-state index contributed by atoms with van der Waals surface area (Å²) in [6, 6.07) is 14.5. The topological polar surface area (TPSA) is 79.9 Å². The lowest BCUT2D eigenvalue weighted by molar-refractivity contribution is 0.0635. The number of morpholine rings is 1. The van der Waals surface area contributed by atoms with Crippen LogP contribution < -0.4 is 15.5 Å². The fourth-order valence-electron chi connectivity index (χ4n) is 2.94. The summed E-state index contributed by atoms with van der Waals surface area (Å²) in [5.41, 5.74) is 2.16. The molecule has 2 aromatic carbocycles. The highest BCUT2D eigenvalue weighted by Gasteiger charge is 2.17. The van der Waals surface area contributed by atoms with Crippen molar-refractivity contribution >= 4 is 29.1 Å². The van der Waals surface area contributed by atoms with Gasteiger partial charge in [-0.2, -0.15) is 0 Å². The van der Waals surface area contributed by atoms with Crippen LogP contribution in [0, 0.1) is 0 Å². The van der Waals surface area contributed by atoms with E-state index < -0.39 is 11.7 Å². The van der Waals surface area contributed by atoms with Gasteiger partial charge in [0.25, 0.3) is 5.91 Å². The number of hydrogen-bond acceptors (Lipinski definition) is 5. The molecule has 0 atom stereocenters. The molecule has 1 aliphatic rings. The van der Waals surface area contributed by atoms with Crippen LogP contribution in [0.25, 0.3) is 0 Å². The Morgan fingerprint density at radius 1 is 0.966 bits per heavy atom. The van der Waals surface area contributed by atoms with E-state index in [1.165, 1.54) is 0 Å². The molecule has 1 fully saturated rings. The van der Waals surface area contributed by atoms with Crippen LogP contribution in [-0.4, -0.2) is 43.9 Å². The molecule has 29 heavy (non-hydrogen) atoms. The third-order valence-electron chi connectivity index (χ3n) is 4.27. The molecule has 2 amide bonds. The standard InChI is InChI=1S/C22H27N3O4/c1-22(2,3)29-21(27)24-18-6-4-5-16(15-18)20(26)23-17-7-9-19(10-8-17)25-11-13-28-14-12-25/h4-10,15H,11-14H2,1-3H3,(H,23,26)(H,24,27). The van der Waals surface area contributed by atoms with E-state index in [2.05, 4.69) is 15.5 Å². The highest BCUT2D eigenvalue weighted by Crippen LogP contribution is 2.20. The fourth-order valence-corrected chi connectivity index (χ4v) is 2.94. The van der Waals surface area contributed by atoms with E-state index in [1.54, 1.807) is 45.0 Å². The molecule has 0 bridgehead atoms. The molecule has 0 unspecified atom stereocenters. The van der Waals surface area contributed by atoms with Crippen molar-refractivity contribution in [2.45, 2.75) is 26.4 Å². The summed E-state index contributed by atoms with van der Waals surface area (Å²) >= 11 is 0. The summed E-state index contributed by atoms with van der Waals surface area (Å²) in [5.74, 6) is -0.253. The minimum Gasteiger partial charge on any atom is -0.444 e. The summed E-state index contributed by atoms with van der Waals surface area (Å²) in [6.45, 7) is 8.56. The average molecular weight is 397 g/mol. The Labute approximate surface area is 171 Å². The highest BCUT2D eigenvalue weighted by molar-refractivity contribution is 6.05. The second-order valence-corrected chi connectivity index (χ2v) is 7.81. The van der Waals surface area contributed by atoms with Gasteiger partial charge >= 0.3 is 6.09 Å². The molecule has 1 saturated heterocycles. The van der Waals surface area contributed by atoms with E-state index in [0.29, 0.717) is 16.9 Å². The van der Waals surface area contributed by atoms with Gasteiger partial charge in [0.2, 0.25) is 0 Å². The second kappa shape index (κ2) is 8.96. The van der Waals surface area contributed by atoms with Crippen LogP contribution >= 0.6 is 0 Å². The number of carbonyl (C=O) groups is 2. The van der Waals surface area contributed by atoms with Gasteiger partial charge in [0.05, 0.1) is 13.2 Å². The van der Waals surface area contributed by atoms with Crippen LogP contribution in [0.1, 0.15) is 31.1 Å². The number of hydrogen-bond donors (Lipinski definition) is 2. The number of ether oxygens (including phenoxy) is 2. The van der Waals surface area contributed by atoms with Crippen LogP contribution in [-0.2, 0) is 9.47 Å². The molecule has 7 heteroatoms. The lowest BCUT2D eigenvalue weighted by Crippen LogP contribution is -2.36. The van der Waals surface area contributed by atoms with E-state index >= 15 is 0 Å². The Morgan fingerprint density at radius 3 is 2.31 bits per heavy atom. The first-order valence-corrected chi connectivity index (χ1v) is 9.64. The first-order valence-electron chi connectivity index (χ1n) is 9.64. The first-order chi connectivity index (χ1) is 13.8. The second-order valence-electron chi connectivity index (χ2n) is 7.81. The van der Waals surface area contributed by atoms with E-state index in [1.807, 2.05) is 24.3 Å². The molecule has 154 valence electrons. The van der Waals surface area contributed by atoms with Gasteiger partial charge in [0, 0.05) is 35.7 Å². The van der Waals surface area contributed by atoms with Crippen LogP contribution in [0.4, 0.5) is 21.9 Å². The van der Waals surface area contributed by atoms with Crippen molar-refractivity contribution in [3.63, 3.8) is 0 Å². The van der Waals surface area contributed by atoms with Gasteiger partial charge in [0.1, 0.15) is 5.60 Å². The van der Waals surface area contributed by atoms with Gasteiger partial charge < -0.3 is 19.7 Å². The number of carbonyl (C=O) groups excluding carboxylic acids is 2. The molecule has 2 aromatic rings. The molecule has 0 spiro atoms. The van der Waals surface area contributed by atoms with Crippen molar-refractivity contribution in [1.29, 1.82) is 0 Å². The van der Waals surface area contributed by atoms with Crippen LogP contribution in [0.2, 0.25) is 0 Å². The van der Waals surface area contributed by atoms with Gasteiger partial charge in [-0.1, -0.05) is 6.07 Å². The Morgan fingerprint density at radius 2 is 1.66 bits per heavy atom. The highest BCUT2D eigenvalue weighted by atomic mass is 16.6. The largest absolute Gasteiger partial charge is 0.444 e. The molecule has 1 aliphatic heterocycles. The molecular weight excluding hydrogens is 370 g/mol. The van der Waals surface area contributed by atoms with Crippen molar-refractivity contribution in [1.82, 2.24) is 0 Å². The summed E-state index contributed by atoms with van der Waals surface area (Å²) in [7, 11) is 0. The normalized spacial score (nSPS) is 14.2. The monoisotopic (exact) mass is 397 g/mol. The van der Waals surface area contributed by atoms with Gasteiger partial charge in [-0.25, -0.2) is 4.79 Å². The summed E-state index contributed by atoms with van der Waals surface area (Å²) < 4.78 is 10.6. The Balaban J connectivity index is 1.61. The van der Waals surface area contributed by atoms with Crippen molar-refractivity contribution in [2.75, 3.05) is 41.8 Å². The van der Waals surface area contributed by atoms with Crippen LogP contribution in [0.15, 0.2) is 48.5 Å². The maximum absolute atomic E-state index is 12.6. The van der Waals surface area contributed by atoms with Crippen molar-refractivity contribution in [3.05, 3.63) is 54.1 Å². The zero-order chi connectivity index (χ0) is 20.9. The smallest absolute Gasteiger partial charge is 0.412 e. The fraction of sp³-hybridized carbons (Fsp3) is 0.364. The Kier molecular flexibility index (Phi) is 6.39. The minimum atomic E-state index is -0.591. The zero-order valence-corrected chi connectivity index (χ0v) is 17.0. The zero-order valence-electron chi connectivity index (χ0n) is 17.0. The van der Waals surface area contributed by atoms with Crippen molar-refractivity contribution in [2.24, 2.45) is 0 Å². The number of nitrogens with one attached hydrogen (secondary N) is 2. The van der Waals surface area contributed by atoms with E-state index in [-0.39, 0.29) is 5.91 Å². The molecule has 0 saturated carbocycles. The summed E-state index contributed by atoms with van der Waals surface area (Å²) in [5, 5.41) is 5.53. The van der Waals surface area contributed by atoms with Crippen LogP contribution in [0.3, 0.4) is 0 Å². The van der Waals surface area contributed by atoms with Crippen molar-refractivity contribution < 1.29 is 19.1 Å². The Bertz CT molecular complexity index is 853. The number of benzene rings is 2. The maximum Gasteiger partial charge on any atom is 0.412 e. The molecule has 3 rings (SSSR count). The van der Waals surface area contributed by atoms with Gasteiger partial charge in [-0.15, -0.1) is 0 Å².